The number of para-hydroxylation sites is 1. The standard InChI is InChI=1S/C21H24N2O3/c1-3-26-18-10-8-16(9-11-18)12-13-22-21(25)20-14-17-6-4-5-7-19(17)23(20)15(2)24/h4-11,20H,3,12-14H2,1-2H3,(H,22,25)/t20-/m1/s1. The lowest BCUT2D eigenvalue weighted by Gasteiger charge is -2.23. The Labute approximate surface area is 154 Å². The first-order chi connectivity index (χ1) is 12.6. The van der Waals surface area contributed by atoms with Crippen LogP contribution in [0.5, 0.6) is 5.75 Å². The van der Waals surface area contributed by atoms with Crippen LogP contribution in [0.25, 0.3) is 0 Å². The maximum absolute atomic E-state index is 12.6. The van der Waals surface area contributed by atoms with E-state index < -0.39 is 6.04 Å². The number of nitrogens with zero attached hydrogens (tertiary/aromatic N) is 1. The minimum absolute atomic E-state index is 0.109. The number of rotatable bonds is 6. The van der Waals surface area contributed by atoms with Gasteiger partial charge in [0.25, 0.3) is 0 Å². The second-order valence-electron chi connectivity index (χ2n) is 6.36. The average molecular weight is 352 g/mol. The maximum atomic E-state index is 12.6. The van der Waals surface area contributed by atoms with Crippen molar-refractivity contribution in [1.29, 1.82) is 0 Å². The Morgan fingerprint density at radius 1 is 1.15 bits per heavy atom. The zero-order valence-electron chi connectivity index (χ0n) is 15.2. The van der Waals surface area contributed by atoms with Crippen molar-refractivity contribution in [3.8, 4) is 5.75 Å². The van der Waals surface area contributed by atoms with Gasteiger partial charge in [-0.25, -0.2) is 0 Å². The summed E-state index contributed by atoms with van der Waals surface area (Å²) in [5.41, 5.74) is 3.01. The van der Waals surface area contributed by atoms with Gasteiger partial charge in [-0.05, 0) is 42.7 Å². The minimum Gasteiger partial charge on any atom is -0.494 e. The molecular weight excluding hydrogens is 328 g/mol. The molecule has 5 nitrogen and oxygen atoms in total. The molecule has 3 rings (SSSR count). The first kappa shape index (κ1) is 18.0. The molecule has 26 heavy (non-hydrogen) atoms. The number of ether oxygens (including phenoxy) is 1. The Balaban J connectivity index is 1.57. The van der Waals surface area contributed by atoms with Crippen molar-refractivity contribution >= 4 is 17.5 Å². The van der Waals surface area contributed by atoms with Crippen LogP contribution in [0, 0.1) is 0 Å². The fourth-order valence-electron chi connectivity index (χ4n) is 3.35. The van der Waals surface area contributed by atoms with Gasteiger partial charge in [-0.1, -0.05) is 30.3 Å². The van der Waals surface area contributed by atoms with E-state index in [1.807, 2.05) is 55.5 Å². The van der Waals surface area contributed by atoms with E-state index in [0.717, 1.165) is 29.0 Å². The zero-order valence-corrected chi connectivity index (χ0v) is 15.2. The zero-order chi connectivity index (χ0) is 18.5. The van der Waals surface area contributed by atoms with Gasteiger partial charge < -0.3 is 10.1 Å². The Morgan fingerprint density at radius 2 is 1.88 bits per heavy atom. The highest BCUT2D eigenvalue weighted by atomic mass is 16.5. The first-order valence-electron chi connectivity index (χ1n) is 8.97. The Bertz CT molecular complexity index is 786. The molecule has 2 aromatic carbocycles. The number of anilines is 1. The van der Waals surface area contributed by atoms with Crippen LogP contribution in [0.15, 0.2) is 48.5 Å². The average Bonchev–Trinajstić information content (AvgIpc) is 3.03. The molecule has 2 amide bonds. The van der Waals surface area contributed by atoms with Crippen molar-refractivity contribution in [2.24, 2.45) is 0 Å². The third kappa shape index (κ3) is 3.87. The van der Waals surface area contributed by atoms with Gasteiger partial charge in [-0.3, -0.25) is 14.5 Å². The lowest BCUT2D eigenvalue weighted by molar-refractivity contribution is -0.125. The molecule has 0 fully saturated rings. The van der Waals surface area contributed by atoms with Crippen molar-refractivity contribution in [3.05, 3.63) is 59.7 Å². The predicted octanol–water partition coefficient (Wildman–Crippen LogP) is 2.72. The molecule has 2 aromatic rings. The van der Waals surface area contributed by atoms with Crippen LogP contribution in [0.1, 0.15) is 25.0 Å². The first-order valence-corrected chi connectivity index (χ1v) is 8.97. The van der Waals surface area contributed by atoms with Gasteiger partial charge in [0.05, 0.1) is 6.61 Å². The smallest absolute Gasteiger partial charge is 0.243 e. The van der Waals surface area contributed by atoms with Crippen LogP contribution >= 0.6 is 0 Å². The van der Waals surface area contributed by atoms with Crippen molar-refractivity contribution in [3.63, 3.8) is 0 Å². The highest BCUT2D eigenvalue weighted by Crippen LogP contribution is 2.32. The summed E-state index contributed by atoms with van der Waals surface area (Å²) in [5, 5.41) is 2.97. The van der Waals surface area contributed by atoms with Crippen LogP contribution in [0.4, 0.5) is 5.69 Å². The van der Waals surface area contributed by atoms with Gasteiger partial charge >= 0.3 is 0 Å². The van der Waals surface area contributed by atoms with E-state index in [9.17, 15) is 9.59 Å². The van der Waals surface area contributed by atoms with E-state index in [2.05, 4.69) is 5.32 Å². The molecule has 0 aromatic heterocycles. The second-order valence-corrected chi connectivity index (χ2v) is 6.36. The van der Waals surface area contributed by atoms with Crippen LogP contribution in [0.3, 0.4) is 0 Å². The summed E-state index contributed by atoms with van der Waals surface area (Å²) < 4.78 is 5.43. The predicted molar refractivity (Wildman–Crippen MR) is 101 cm³/mol. The number of carbonyl (C=O) groups excluding carboxylic acids is 2. The molecule has 0 saturated carbocycles. The van der Waals surface area contributed by atoms with E-state index in [4.69, 9.17) is 4.74 Å². The van der Waals surface area contributed by atoms with Crippen LogP contribution in [-0.2, 0) is 22.4 Å². The summed E-state index contributed by atoms with van der Waals surface area (Å²) in [6.45, 7) is 4.63. The lowest BCUT2D eigenvalue weighted by atomic mass is 10.1. The molecule has 1 aliphatic heterocycles. The quantitative estimate of drug-likeness (QED) is 0.870. The largest absolute Gasteiger partial charge is 0.494 e. The summed E-state index contributed by atoms with van der Waals surface area (Å²) >= 11 is 0. The van der Waals surface area contributed by atoms with E-state index in [1.54, 1.807) is 4.90 Å². The molecule has 1 aliphatic rings. The molecule has 0 radical (unpaired) electrons. The molecule has 5 heteroatoms. The number of nitrogens with one attached hydrogen (secondary N) is 1. The molecule has 0 saturated heterocycles. The summed E-state index contributed by atoms with van der Waals surface area (Å²) in [7, 11) is 0. The van der Waals surface area contributed by atoms with Gasteiger partial charge in [0, 0.05) is 25.6 Å². The van der Waals surface area contributed by atoms with Gasteiger partial charge in [-0.15, -0.1) is 0 Å². The molecule has 1 heterocycles. The Hall–Kier alpha value is -2.82. The topological polar surface area (TPSA) is 58.6 Å². The molecule has 0 bridgehead atoms. The van der Waals surface area contributed by atoms with Crippen molar-refractivity contribution in [2.75, 3.05) is 18.1 Å². The number of hydrogen-bond acceptors (Lipinski definition) is 3. The third-order valence-electron chi connectivity index (χ3n) is 4.57. The summed E-state index contributed by atoms with van der Waals surface area (Å²) in [4.78, 5) is 26.3. The Kier molecular flexibility index (Phi) is 5.56. The number of benzene rings is 2. The summed E-state index contributed by atoms with van der Waals surface area (Å²) in [6.07, 6.45) is 1.29. The minimum atomic E-state index is -0.467. The summed E-state index contributed by atoms with van der Waals surface area (Å²) in [5.74, 6) is 0.630. The van der Waals surface area contributed by atoms with Crippen molar-refractivity contribution in [2.45, 2.75) is 32.7 Å². The molecule has 1 N–H and O–H groups in total. The number of hydrogen-bond donors (Lipinski definition) is 1. The van der Waals surface area contributed by atoms with E-state index in [-0.39, 0.29) is 11.8 Å². The van der Waals surface area contributed by atoms with Gasteiger partial charge in [-0.2, -0.15) is 0 Å². The van der Waals surface area contributed by atoms with Gasteiger partial charge in [0.15, 0.2) is 0 Å². The molecule has 0 unspecified atom stereocenters. The monoisotopic (exact) mass is 352 g/mol. The lowest BCUT2D eigenvalue weighted by Crippen LogP contribution is -2.47. The normalized spacial score (nSPS) is 15.5. The Morgan fingerprint density at radius 3 is 2.58 bits per heavy atom. The van der Waals surface area contributed by atoms with E-state index in [1.165, 1.54) is 6.92 Å². The van der Waals surface area contributed by atoms with Crippen molar-refractivity contribution < 1.29 is 14.3 Å². The molecule has 0 spiro atoms. The molecule has 1 atom stereocenters. The third-order valence-corrected chi connectivity index (χ3v) is 4.57. The van der Waals surface area contributed by atoms with Crippen LogP contribution in [0.2, 0.25) is 0 Å². The fraction of sp³-hybridized carbons (Fsp3) is 0.333. The van der Waals surface area contributed by atoms with Gasteiger partial charge in [0.2, 0.25) is 11.8 Å². The molecule has 0 aliphatic carbocycles. The second kappa shape index (κ2) is 8.04. The number of carbonyl (C=O) groups is 2. The highest BCUT2D eigenvalue weighted by molar-refractivity contribution is 6.02. The maximum Gasteiger partial charge on any atom is 0.243 e. The van der Waals surface area contributed by atoms with Gasteiger partial charge in [0.1, 0.15) is 11.8 Å². The van der Waals surface area contributed by atoms with Crippen LogP contribution < -0.4 is 15.0 Å². The summed E-state index contributed by atoms with van der Waals surface area (Å²) in [6, 6.07) is 15.1. The molecule has 136 valence electrons. The van der Waals surface area contributed by atoms with Crippen LogP contribution in [-0.4, -0.2) is 31.0 Å². The highest BCUT2D eigenvalue weighted by Gasteiger charge is 2.36. The van der Waals surface area contributed by atoms with E-state index >= 15 is 0 Å². The van der Waals surface area contributed by atoms with Crippen molar-refractivity contribution in [1.82, 2.24) is 5.32 Å². The molecular formula is C21H24N2O3. The fourth-order valence-corrected chi connectivity index (χ4v) is 3.35. The van der Waals surface area contributed by atoms with E-state index in [0.29, 0.717) is 19.6 Å². The number of amides is 2. The SMILES string of the molecule is CCOc1ccc(CCNC(=O)[C@H]2Cc3ccccc3N2C(C)=O)cc1. The number of fused-ring (bicyclic) bond motifs is 1.